The van der Waals surface area contributed by atoms with Gasteiger partial charge in [-0.25, -0.2) is 4.98 Å². The van der Waals surface area contributed by atoms with Crippen LogP contribution >= 0.6 is 11.6 Å². The van der Waals surface area contributed by atoms with E-state index in [4.69, 9.17) is 11.6 Å². The average Bonchev–Trinajstić information content (AvgIpc) is 2.75. The smallest absolute Gasteiger partial charge is 0.257 e. The molecule has 1 unspecified atom stereocenters. The summed E-state index contributed by atoms with van der Waals surface area (Å²) in [6, 6.07) is 15.5. The number of carbonyl (C=O) groups is 1. The number of piperazine rings is 1. The van der Waals surface area contributed by atoms with Crippen LogP contribution in [0.2, 0.25) is 5.02 Å². The number of nitrogens with zero attached hydrogens (tertiary/aromatic N) is 3. The summed E-state index contributed by atoms with van der Waals surface area (Å²) in [7, 11) is 0. The number of rotatable bonds is 4. The van der Waals surface area contributed by atoms with Crippen molar-refractivity contribution in [2.75, 3.05) is 23.3 Å². The standard InChI is InChI=1S/C23H24ClN5O/c1-15-13-29(14-16(2)27-15)22-9-6-17(12-26-22)23(30)28-18-7-8-20(24)19(11-18)21-5-3-4-10-25-21/h3-12,15-16,27H,13-14H2,1-2H3,(H,28,30)/t15-,16?/m0/s1. The molecule has 30 heavy (non-hydrogen) atoms. The fourth-order valence-corrected chi connectivity index (χ4v) is 3.96. The van der Waals surface area contributed by atoms with Crippen molar-refractivity contribution in [2.45, 2.75) is 25.9 Å². The van der Waals surface area contributed by atoms with E-state index in [-0.39, 0.29) is 5.91 Å². The van der Waals surface area contributed by atoms with Crippen LogP contribution in [-0.2, 0) is 0 Å². The Morgan fingerprint density at radius 2 is 1.90 bits per heavy atom. The van der Waals surface area contributed by atoms with Crippen molar-refractivity contribution >= 4 is 29.0 Å². The summed E-state index contributed by atoms with van der Waals surface area (Å²) in [6.45, 7) is 6.11. The van der Waals surface area contributed by atoms with Crippen molar-refractivity contribution in [1.29, 1.82) is 0 Å². The van der Waals surface area contributed by atoms with Gasteiger partial charge < -0.3 is 15.5 Å². The average molecular weight is 422 g/mol. The molecule has 7 heteroatoms. The van der Waals surface area contributed by atoms with E-state index in [2.05, 4.69) is 39.3 Å². The molecular weight excluding hydrogens is 398 g/mol. The molecule has 0 aliphatic carbocycles. The SMILES string of the molecule is CC1CN(c2ccc(C(=O)Nc3ccc(Cl)c(-c4ccccn4)c3)cn2)C[C@H](C)N1. The first-order chi connectivity index (χ1) is 14.5. The van der Waals surface area contributed by atoms with Crippen LogP contribution in [0.1, 0.15) is 24.2 Å². The van der Waals surface area contributed by atoms with Crippen LogP contribution in [0.3, 0.4) is 0 Å². The summed E-state index contributed by atoms with van der Waals surface area (Å²) in [5.74, 6) is 0.668. The maximum atomic E-state index is 12.7. The van der Waals surface area contributed by atoms with Gasteiger partial charge in [-0.2, -0.15) is 0 Å². The Balaban J connectivity index is 1.48. The van der Waals surface area contributed by atoms with Gasteiger partial charge in [-0.05, 0) is 56.3 Å². The predicted octanol–water partition coefficient (Wildman–Crippen LogP) is 4.24. The predicted molar refractivity (Wildman–Crippen MR) is 121 cm³/mol. The Morgan fingerprint density at radius 1 is 1.10 bits per heavy atom. The Hall–Kier alpha value is -2.96. The van der Waals surface area contributed by atoms with Crippen molar-refractivity contribution < 1.29 is 4.79 Å². The minimum Gasteiger partial charge on any atom is -0.354 e. The minimum absolute atomic E-state index is 0.217. The molecule has 154 valence electrons. The molecule has 0 spiro atoms. The Morgan fingerprint density at radius 3 is 2.57 bits per heavy atom. The van der Waals surface area contributed by atoms with Crippen molar-refractivity contribution in [3.8, 4) is 11.3 Å². The summed E-state index contributed by atoms with van der Waals surface area (Å²) >= 11 is 6.32. The largest absolute Gasteiger partial charge is 0.354 e. The molecule has 1 amide bonds. The number of halogens is 1. The maximum Gasteiger partial charge on any atom is 0.257 e. The molecule has 0 radical (unpaired) electrons. The summed E-state index contributed by atoms with van der Waals surface area (Å²) in [5.41, 5.74) is 2.68. The highest BCUT2D eigenvalue weighted by atomic mass is 35.5. The number of amides is 1. The molecule has 6 nitrogen and oxygen atoms in total. The number of anilines is 2. The molecule has 3 heterocycles. The second kappa shape index (κ2) is 8.81. The molecule has 4 rings (SSSR count). The number of hydrogen-bond donors (Lipinski definition) is 2. The number of aromatic nitrogens is 2. The summed E-state index contributed by atoms with van der Waals surface area (Å²) in [6.07, 6.45) is 3.33. The van der Waals surface area contributed by atoms with Crippen LogP contribution in [0, 0.1) is 0 Å². The van der Waals surface area contributed by atoms with Gasteiger partial charge in [-0.1, -0.05) is 17.7 Å². The zero-order chi connectivity index (χ0) is 21.1. The van der Waals surface area contributed by atoms with Gasteiger partial charge in [0.2, 0.25) is 0 Å². The quantitative estimate of drug-likeness (QED) is 0.659. The molecule has 1 saturated heterocycles. The fraction of sp³-hybridized carbons (Fsp3) is 0.261. The number of pyridine rings is 2. The topological polar surface area (TPSA) is 70.2 Å². The lowest BCUT2D eigenvalue weighted by molar-refractivity contribution is 0.102. The first-order valence-electron chi connectivity index (χ1n) is 9.99. The second-order valence-corrected chi connectivity index (χ2v) is 8.05. The zero-order valence-corrected chi connectivity index (χ0v) is 17.7. The van der Waals surface area contributed by atoms with Crippen molar-refractivity contribution in [3.63, 3.8) is 0 Å². The molecule has 2 N–H and O–H groups in total. The molecule has 1 aromatic carbocycles. The Bertz CT molecular complexity index is 1020. The molecule has 1 aliphatic heterocycles. The second-order valence-electron chi connectivity index (χ2n) is 7.64. The van der Waals surface area contributed by atoms with Crippen LogP contribution in [0.5, 0.6) is 0 Å². The first kappa shape index (κ1) is 20.3. The molecule has 1 aliphatic rings. The Labute approximate surface area is 181 Å². The first-order valence-corrected chi connectivity index (χ1v) is 10.4. The van der Waals surface area contributed by atoms with E-state index < -0.39 is 0 Å². The van der Waals surface area contributed by atoms with E-state index in [0.29, 0.717) is 28.4 Å². The third-order valence-electron chi connectivity index (χ3n) is 5.06. The van der Waals surface area contributed by atoms with Crippen LogP contribution in [0.25, 0.3) is 11.3 Å². The number of carbonyl (C=O) groups excluding carboxylic acids is 1. The van der Waals surface area contributed by atoms with Gasteiger partial charge in [0.1, 0.15) is 5.82 Å². The van der Waals surface area contributed by atoms with E-state index >= 15 is 0 Å². The summed E-state index contributed by atoms with van der Waals surface area (Å²) in [4.78, 5) is 23.8. The third kappa shape index (κ3) is 4.61. The number of benzene rings is 1. The highest BCUT2D eigenvalue weighted by molar-refractivity contribution is 6.33. The van der Waals surface area contributed by atoms with Crippen LogP contribution in [-0.4, -0.2) is 41.0 Å². The van der Waals surface area contributed by atoms with E-state index in [9.17, 15) is 4.79 Å². The molecule has 2 atom stereocenters. The molecule has 0 saturated carbocycles. The molecule has 2 aromatic heterocycles. The lowest BCUT2D eigenvalue weighted by Gasteiger charge is -2.36. The van der Waals surface area contributed by atoms with Crippen molar-refractivity contribution in [1.82, 2.24) is 15.3 Å². The lowest BCUT2D eigenvalue weighted by Crippen LogP contribution is -2.54. The van der Waals surface area contributed by atoms with E-state index in [1.54, 1.807) is 24.5 Å². The monoisotopic (exact) mass is 421 g/mol. The van der Waals surface area contributed by atoms with Gasteiger partial charge in [-0.3, -0.25) is 9.78 Å². The van der Waals surface area contributed by atoms with Gasteiger partial charge in [-0.15, -0.1) is 0 Å². The summed E-state index contributed by atoms with van der Waals surface area (Å²) in [5, 5.41) is 7.01. The van der Waals surface area contributed by atoms with Crippen LogP contribution in [0.15, 0.2) is 60.9 Å². The summed E-state index contributed by atoms with van der Waals surface area (Å²) < 4.78 is 0. The van der Waals surface area contributed by atoms with Gasteiger partial charge in [0, 0.05) is 48.8 Å². The zero-order valence-electron chi connectivity index (χ0n) is 17.0. The molecule has 3 aromatic rings. The normalized spacial score (nSPS) is 18.8. The third-order valence-corrected chi connectivity index (χ3v) is 5.39. The molecular formula is C23H24ClN5O. The van der Waals surface area contributed by atoms with Crippen molar-refractivity contribution in [3.05, 3.63) is 71.5 Å². The maximum absolute atomic E-state index is 12.7. The molecule has 0 bridgehead atoms. The van der Waals surface area contributed by atoms with E-state index in [1.165, 1.54) is 0 Å². The highest BCUT2D eigenvalue weighted by Gasteiger charge is 2.22. The molecule has 1 fully saturated rings. The van der Waals surface area contributed by atoms with Gasteiger partial charge in [0.15, 0.2) is 0 Å². The number of hydrogen-bond acceptors (Lipinski definition) is 5. The van der Waals surface area contributed by atoms with Gasteiger partial charge in [0.25, 0.3) is 5.91 Å². The van der Waals surface area contributed by atoms with E-state index in [1.807, 2.05) is 36.4 Å². The lowest BCUT2D eigenvalue weighted by atomic mass is 10.1. The van der Waals surface area contributed by atoms with Crippen LogP contribution < -0.4 is 15.5 Å². The van der Waals surface area contributed by atoms with E-state index in [0.717, 1.165) is 30.2 Å². The fourth-order valence-electron chi connectivity index (χ4n) is 3.75. The van der Waals surface area contributed by atoms with Crippen LogP contribution in [0.4, 0.5) is 11.5 Å². The van der Waals surface area contributed by atoms with Gasteiger partial charge in [0.05, 0.1) is 16.3 Å². The van der Waals surface area contributed by atoms with Crippen molar-refractivity contribution in [2.24, 2.45) is 0 Å². The minimum atomic E-state index is -0.217. The number of nitrogens with one attached hydrogen (secondary N) is 2. The highest BCUT2D eigenvalue weighted by Crippen LogP contribution is 2.29. The Kier molecular flexibility index (Phi) is 5.97. The van der Waals surface area contributed by atoms with Gasteiger partial charge >= 0.3 is 0 Å².